The lowest BCUT2D eigenvalue weighted by molar-refractivity contribution is 0.191. The maximum atomic E-state index is 9.11. The van der Waals surface area contributed by atoms with Crippen LogP contribution >= 0.6 is 11.6 Å². The molecule has 1 aromatic heterocycles. The number of nitrogens with one attached hydrogen (secondary N) is 2. The van der Waals surface area contributed by atoms with E-state index in [9.17, 15) is 0 Å². The molecule has 2 rings (SSSR count). The van der Waals surface area contributed by atoms with Crippen molar-refractivity contribution < 1.29 is 9.52 Å². The molecular formula is C16H21ClN2O2. The Bertz CT molecular complexity index is 555. The molecule has 0 aliphatic heterocycles. The Hall–Kier alpha value is -1.33. The highest BCUT2D eigenvalue weighted by Gasteiger charge is 2.05. The van der Waals surface area contributed by atoms with Crippen molar-refractivity contribution in [1.29, 1.82) is 0 Å². The van der Waals surface area contributed by atoms with Crippen molar-refractivity contribution in [3.63, 3.8) is 0 Å². The van der Waals surface area contributed by atoms with E-state index in [2.05, 4.69) is 10.6 Å². The van der Waals surface area contributed by atoms with Crippen LogP contribution in [-0.4, -0.2) is 30.8 Å². The Morgan fingerprint density at radius 3 is 2.76 bits per heavy atom. The Morgan fingerprint density at radius 2 is 2.00 bits per heavy atom. The lowest BCUT2D eigenvalue weighted by Gasteiger charge is -2.07. The van der Waals surface area contributed by atoms with Crippen LogP contribution in [0.1, 0.15) is 12.7 Å². The van der Waals surface area contributed by atoms with E-state index in [4.69, 9.17) is 21.1 Å². The van der Waals surface area contributed by atoms with Crippen LogP contribution in [0.4, 0.5) is 0 Å². The molecule has 0 saturated carbocycles. The summed E-state index contributed by atoms with van der Waals surface area (Å²) in [5.74, 6) is 1.71. The van der Waals surface area contributed by atoms with Gasteiger partial charge in [0.25, 0.3) is 0 Å². The van der Waals surface area contributed by atoms with Crippen molar-refractivity contribution in [2.75, 3.05) is 19.6 Å². The van der Waals surface area contributed by atoms with Crippen LogP contribution in [0, 0.1) is 0 Å². The number of aliphatic hydroxyl groups excluding tert-OH is 1. The van der Waals surface area contributed by atoms with Gasteiger partial charge in [0.05, 0.1) is 12.6 Å². The topological polar surface area (TPSA) is 57.4 Å². The highest BCUT2D eigenvalue weighted by Crippen LogP contribution is 2.24. The largest absolute Gasteiger partial charge is 0.460 e. The van der Waals surface area contributed by atoms with Gasteiger partial charge in [-0.15, -0.1) is 0 Å². The average Bonchev–Trinajstić information content (AvgIpc) is 2.91. The number of rotatable bonds is 8. The van der Waals surface area contributed by atoms with Crippen molar-refractivity contribution in [3.05, 3.63) is 47.2 Å². The molecule has 1 aromatic carbocycles. The number of hydrogen-bond donors (Lipinski definition) is 3. The van der Waals surface area contributed by atoms with Crippen LogP contribution in [0.25, 0.3) is 11.3 Å². The minimum atomic E-state index is -0.310. The lowest BCUT2D eigenvalue weighted by atomic mass is 10.2. The molecular weight excluding hydrogens is 288 g/mol. The minimum absolute atomic E-state index is 0.310. The summed E-state index contributed by atoms with van der Waals surface area (Å²) in [6, 6.07) is 11.5. The molecule has 4 nitrogen and oxygen atoms in total. The third kappa shape index (κ3) is 5.52. The second kappa shape index (κ2) is 8.20. The average molecular weight is 309 g/mol. The fourth-order valence-corrected chi connectivity index (χ4v) is 2.16. The first-order valence-electron chi connectivity index (χ1n) is 7.09. The molecule has 21 heavy (non-hydrogen) atoms. The smallest absolute Gasteiger partial charge is 0.134 e. The Kier molecular flexibility index (Phi) is 6.26. The van der Waals surface area contributed by atoms with Crippen LogP contribution in [0.2, 0.25) is 5.02 Å². The molecule has 114 valence electrons. The van der Waals surface area contributed by atoms with Gasteiger partial charge >= 0.3 is 0 Å². The molecule has 0 spiro atoms. The van der Waals surface area contributed by atoms with Crippen molar-refractivity contribution in [2.24, 2.45) is 0 Å². The zero-order valence-electron chi connectivity index (χ0n) is 12.1. The Labute approximate surface area is 130 Å². The predicted molar refractivity (Wildman–Crippen MR) is 85.4 cm³/mol. The van der Waals surface area contributed by atoms with E-state index in [0.717, 1.165) is 30.2 Å². The molecule has 2 aromatic rings. The third-order valence-electron chi connectivity index (χ3n) is 2.99. The van der Waals surface area contributed by atoms with Crippen LogP contribution in [0.5, 0.6) is 0 Å². The molecule has 0 fully saturated rings. The van der Waals surface area contributed by atoms with E-state index in [1.165, 1.54) is 0 Å². The van der Waals surface area contributed by atoms with Gasteiger partial charge in [-0.05, 0) is 31.2 Å². The summed E-state index contributed by atoms with van der Waals surface area (Å²) in [5, 5.41) is 16.2. The van der Waals surface area contributed by atoms with E-state index >= 15 is 0 Å². The maximum absolute atomic E-state index is 9.11. The zero-order valence-corrected chi connectivity index (χ0v) is 12.9. The molecule has 0 aliphatic rings. The van der Waals surface area contributed by atoms with Crippen molar-refractivity contribution >= 4 is 11.6 Å². The molecule has 1 atom stereocenters. The van der Waals surface area contributed by atoms with Gasteiger partial charge in [0.1, 0.15) is 11.5 Å². The summed E-state index contributed by atoms with van der Waals surface area (Å²) >= 11 is 5.98. The molecule has 0 aliphatic carbocycles. The number of hydrogen-bond acceptors (Lipinski definition) is 4. The molecule has 5 heteroatoms. The van der Waals surface area contributed by atoms with Crippen molar-refractivity contribution in [1.82, 2.24) is 10.6 Å². The summed E-state index contributed by atoms with van der Waals surface area (Å²) in [6.45, 7) is 4.69. The summed E-state index contributed by atoms with van der Waals surface area (Å²) in [7, 11) is 0. The number of benzene rings is 1. The highest BCUT2D eigenvalue weighted by atomic mass is 35.5. The number of halogens is 1. The minimum Gasteiger partial charge on any atom is -0.460 e. The first-order valence-corrected chi connectivity index (χ1v) is 7.47. The Balaban J connectivity index is 1.76. The van der Waals surface area contributed by atoms with E-state index < -0.39 is 0 Å². The molecule has 0 unspecified atom stereocenters. The summed E-state index contributed by atoms with van der Waals surface area (Å²) in [5.41, 5.74) is 0.979. The molecule has 0 radical (unpaired) electrons. The van der Waals surface area contributed by atoms with Crippen LogP contribution in [-0.2, 0) is 6.54 Å². The quantitative estimate of drug-likeness (QED) is 0.656. The van der Waals surface area contributed by atoms with E-state index in [-0.39, 0.29) is 6.10 Å². The van der Waals surface area contributed by atoms with Gasteiger partial charge in [-0.1, -0.05) is 23.7 Å². The van der Waals surface area contributed by atoms with Gasteiger partial charge in [0, 0.05) is 30.2 Å². The highest BCUT2D eigenvalue weighted by molar-refractivity contribution is 6.30. The van der Waals surface area contributed by atoms with Gasteiger partial charge < -0.3 is 20.2 Å². The number of furan rings is 1. The molecule has 3 N–H and O–H groups in total. The van der Waals surface area contributed by atoms with E-state index in [0.29, 0.717) is 18.1 Å². The maximum Gasteiger partial charge on any atom is 0.134 e. The summed E-state index contributed by atoms with van der Waals surface area (Å²) in [6.07, 6.45) is -0.310. The van der Waals surface area contributed by atoms with Gasteiger partial charge in [0.2, 0.25) is 0 Å². The van der Waals surface area contributed by atoms with Gasteiger partial charge in [-0.3, -0.25) is 0 Å². The molecule has 1 heterocycles. The number of aliphatic hydroxyl groups is 1. The molecule has 0 bridgehead atoms. The molecule has 0 saturated heterocycles. The van der Waals surface area contributed by atoms with Gasteiger partial charge in [-0.2, -0.15) is 0 Å². The first-order chi connectivity index (χ1) is 10.1. The second-order valence-corrected chi connectivity index (χ2v) is 5.44. The second-order valence-electron chi connectivity index (χ2n) is 5.01. The normalized spacial score (nSPS) is 12.5. The fourth-order valence-electron chi connectivity index (χ4n) is 1.97. The monoisotopic (exact) mass is 308 g/mol. The lowest BCUT2D eigenvalue weighted by Crippen LogP contribution is -2.31. The summed E-state index contributed by atoms with van der Waals surface area (Å²) in [4.78, 5) is 0. The van der Waals surface area contributed by atoms with Gasteiger partial charge in [0.15, 0.2) is 0 Å². The van der Waals surface area contributed by atoms with Crippen LogP contribution in [0.3, 0.4) is 0 Å². The van der Waals surface area contributed by atoms with Crippen molar-refractivity contribution in [2.45, 2.75) is 19.6 Å². The SMILES string of the molecule is C[C@@H](O)CNCCNCc1ccc(-c2cccc(Cl)c2)o1. The zero-order chi connectivity index (χ0) is 15.1. The predicted octanol–water partition coefficient (Wildman–Crippen LogP) is 2.66. The fraction of sp³-hybridized carbons (Fsp3) is 0.375. The molecule has 0 amide bonds. The third-order valence-corrected chi connectivity index (χ3v) is 3.22. The summed E-state index contributed by atoms with van der Waals surface area (Å²) < 4.78 is 5.79. The van der Waals surface area contributed by atoms with Crippen molar-refractivity contribution in [3.8, 4) is 11.3 Å². The van der Waals surface area contributed by atoms with Crippen LogP contribution in [0.15, 0.2) is 40.8 Å². The first kappa shape index (κ1) is 16.0. The van der Waals surface area contributed by atoms with E-state index in [1.54, 1.807) is 6.92 Å². The van der Waals surface area contributed by atoms with E-state index in [1.807, 2.05) is 36.4 Å². The van der Waals surface area contributed by atoms with Crippen LogP contribution < -0.4 is 10.6 Å². The Morgan fingerprint density at radius 1 is 1.19 bits per heavy atom. The van der Waals surface area contributed by atoms with Gasteiger partial charge in [-0.25, -0.2) is 0 Å². The standard InChI is InChI=1S/C16H21ClN2O2/c1-12(20)10-18-7-8-19-11-15-5-6-16(21-15)13-3-2-4-14(17)9-13/h2-6,9,12,18-20H,7-8,10-11H2,1H3/t12-/m1/s1.